The first kappa shape index (κ1) is 31.9. The molecule has 0 bridgehead atoms. The molecule has 0 spiro atoms. The van der Waals surface area contributed by atoms with E-state index in [2.05, 4.69) is 15.4 Å². The van der Waals surface area contributed by atoms with Crippen LogP contribution < -0.4 is 10.6 Å². The van der Waals surface area contributed by atoms with Crippen molar-refractivity contribution in [3.63, 3.8) is 0 Å². The maximum Gasteiger partial charge on any atom is 0.408 e. The molecule has 0 aromatic heterocycles. The van der Waals surface area contributed by atoms with Crippen LogP contribution in [0.15, 0.2) is 42.5 Å². The summed E-state index contributed by atoms with van der Waals surface area (Å²) in [5.41, 5.74) is 0.412. The van der Waals surface area contributed by atoms with Crippen LogP contribution in [-0.4, -0.2) is 70.3 Å². The largest absolute Gasteiger partial charge is 0.508 e. The zero-order valence-corrected chi connectivity index (χ0v) is 24.0. The van der Waals surface area contributed by atoms with Crippen molar-refractivity contribution < 1.29 is 38.9 Å². The molecule has 40 heavy (non-hydrogen) atoms. The molecule has 3 amide bonds. The molecule has 0 saturated heterocycles. The van der Waals surface area contributed by atoms with Gasteiger partial charge in [-0.1, -0.05) is 30.3 Å². The summed E-state index contributed by atoms with van der Waals surface area (Å²) in [4.78, 5) is 53.6. The van der Waals surface area contributed by atoms with Gasteiger partial charge >= 0.3 is 12.1 Å². The van der Waals surface area contributed by atoms with Gasteiger partial charge in [0.25, 0.3) is 0 Å². The summed E-state index contributed by atoms with van der Waals surface area (Å²) in [6.45, 7) is 9.64. The van der Waals surface area contributed by atoms with Crippen molar-refractivity contribution in [1.82, 2.24) is 15.5 Å². The first-order valence-electron chi connectivity index (χ1n) is 12.9. The van der Waals surface area contributed by atoms with E-state index < -0.39 is 54.1 Å². The number of carbonyl (C=O) groups is 4. The molecule has 0 aliphatic heterocycles. The van der Waals surface area contributed by atoms with E-state index in [0.717, 1.165) is 0 Å². The van der Waals surface area contributed by atoms with Crippen LogP contribution in [0.2, 0.25) is 0 Å². The van der Waals surface area contributed by atoms with Gasteiger partial charge in [0, 0.05) is 18.0 Å². The number of hydrogen-bond donors (Lipinski definition) is 4. The Balaban J connectivity index is 2.59. The second-order valence-electron chi connectivity index (χ2n) is 10.6. The number of aromatic hydroxyl groups is 2. The predicted octanol–water partition coefficient (Wildman–Crippen LogP) is 3.11. The van der Waals surface area contributed by atoms with E-state index in [-0.39, 0.29) is 23.5 Å². The number of amides is 3. The number of nitrogens with zero attached hydrogens (tertiary/aromatic N) is 1. The molecule has 2 aromatic rings. The number of ether oxygens (including phenoxy) is 2. The summed E-state index contributed by atoms with van der Waals surface area (Å²) in [6.07, 6.45) is -0.823. The third kappa shape index (κ3) is 8.89. The zero-order valence-electron chi connectivity index (χ0n) is 24.0. The number of phenols is 2. The SMILES string of the molecule is COC(=O)CNC(=O)C(c1cccc(C)c1O)N(C(=O)C(Cc1ccc(O)cc1)NC(=O)OC(C)(C)C)C(C)C. The summed E-state index contributed by atoms with van der Waals surface area (Å²) in [5, 5.41) is 25.7. The predicted molar refractivity (Wildman–Crippen MR) is 148 cm³/mol. The van der Waals surface area contributed by atoms with Crippen LogP contribution >= 0.6 is 0 Å². The van der Waals surface area contributed by atoms with Crippen molar-refractivity contribution in [3.05, 3.63) is 59.2 Å². The number of alkyl carbamates (subject to hydrolysis) is 1. The van der Waals surface area contributed by atoms with E-state index in [4.69, 9.17) is 4.74 Å². The molecule has 0 heterocycles. The topological polar surface area (TPSA) is 154 Å². The van der Waals surface area contributed by atoms with Crippen LogP contribution in [0.4, 0.5) is 4.79 Å². The molecule has 2 aromatic carbocycles. The maximum atomic E-state index is 14.2. The molecular weight excluding hydrogens is 518 g/mol. The van der Waals surface area contributed by atoms with Gasteiger partial charge in [0.15, 0.2) is 0 Å². The standard InChI is InChI=1S/C29H39N3O8/c1-17(2)32(24(26(36)30-16-23(34)39-7)21-10-8-9-18(3)25(21)35)27(37)22(31-28(38)40-29(4,5)6)15-19-11-13-20(33)14-12-19/h8-14,17,22,24,33,35H,15-16H2,1-7H3,(H,30,36)(H,31,38). The fraction of sp³-hybridized carbons (Fsp3) is 0.448. The fourth-order valence-corrected chi connectivity index (χ4v) is 4.03. The first-order valence-corrected chi connectivity index (χ1v) is 12.9. The molecular formula is C29H39N3O8. The van der Waals surface area contributed by atoms with Gasteiger partial charge in [-0.25, -0.2) is 4.79 Å². The van der Waals surface area contributed by atoms with Gasteiger partial charge in [-0.05, 0) is 64.8 Å². The summed E-state index contributed by atoms with van der Waals surface area (Å²) >= 11 is 0. The minimum atomic E-state index is -1.36. The molecule has 4 N–H and O–H groups in total. The lowest BCUT2D eigenvalue weighted by atomic mass is 9.97. The van der Waals surface area contributed by atoms with Crippen molar-refractivity contribution in [2.75, 3.05) is 13.7 Å². The van der Waals surface area contributed by atoms with Crippen LogP contribution in [0.25, 0.3) is 0 Å². The van der Waals surface area contributed by atoms with Gasteiger partial charge in [-0.15, -0.1) is 0 Å². The molecule has 11 heteroatoms. The van der Waals surface area contributed by atoms with Crippen LogP contribution in [0, 0.1) is 6.92 Å². The van der Waals surface area contributed by atoms with Crippen molar-refractivity contribution in [3.8, 4) is 11.5 Å². The summed E-state index contributed by atoms with van der Waals surface area (Å²) in [7, 11) is 1.18. The summed E-state index contributed by atoms with van der Waals surface area (Å²) in [5.74, 6) is -2.20. The van der Waals surface area contributed by atoms with Crippen molar-refractivity contribution in [2.45, 2.75) is 71.7 Å². The lowest BCUT2D eigenvalue weighted by Gasteiger charge is -2.37. The van der Waals surface area contributed by atoms with Gasteiger partial charge in [0.2, 0.25) is 11.8 Å². The monoisotopic (exact) mass is 557 g/mol. The molecule has 2 rings (SSSR count). The van der Waals surface area contributed by atoms with E-state index in [1.54, 1.807) is 65.8 Å². The Morgan fingerprint density at radius 2 is 1.62 bits per heavy atom. The highest BCUT2D eigenvalue weighted by atomic mass is 16.6. The van der Waals surface area contributed by atoms with Gasteiger partial charge < -0.3 is 35.2 Å². The molecule has 2 unspecified atom stereocenters. The molecule has 11 nitrogen and oxygen atoms in total. The Morgan fingerprint density at radius 1 is 1.00 bits per heavy atom. The second kappa shape index (κ2) is 13.7. The van der Waals surface area contributed by atoms with Crippen LogP contribution in [0.5, 0.6) is 11.5 Å². The highest BCUT2D eigenvalue weighted by Gasteiger charge is 2.39. The lowest BCUT2D eigenvalue weighted by molar-refractivity contribution is -0.146. The minimum absolute atomic E-state index is 0.0118. The number of aryl methyl sites for hydroxylation is 1. The number of benzene rings is 2. The fourth-order valence-electron chi connectivity index (χ4n) is 4.03. The second-order valence-corrected chi connectivity index (χ2v) is 10.6. The molecule has 0 radical (unpaired) electrons. The Morgan fingerprint density at radius 3 is 2.17 bits per heavy atom. The van der Waals surface area contributed by atoms with Gasteiger partial charge in [0.05, 0.1) is 7.11 Å². The number of nitrogens with one attached hydrogen (secondary N) is 2. The number of carbonyl (C=O) groups excluding carboxylic acids is 4. The maximum absolute atomic E-state index is 14.2. The lowest BCUT2D eigenvalue weighted by Crippen LogP contribution is -2.56. The average molecular weight is 558 g/mol. The zero-order chi connectivity index (χ0) is 30.2. The molecule has 0 aliphatic rings. The van der Waals surface area contributed by atoms with Crippen LogP contribution in [0.1, 0.15) is 57.4 Å². The van der Waals surface area contributed by atoms with Crippen molar-refractivity contribution in [2.24, 2.45) is 0 Å². The number of rotatable bonds is 10. The van der Waals surface area contributed by atoms with Crippen LogP contribution in [0.3, 0.4) is 0 Å². The summed E-state index contributed by atoms with van der Waals surface area (Å²) in [6, 6.07) is 7.80. The number of hydrogen-bond acceptors (Lipinski definition) is 8. The minimum Gasteiger partial charge on any atom is -0.508 e. The number of para-hydroxylation sites is 1. The Labute approximate surface area is 234 Å². The third-order valence-electron chi connectivity index (χ3n) is 5.90. The molecule has 0 aliphatic carbocycles. The Bertz CT molecular complexity index is 1200. The van der Waals surface area contributed by atoms with Gasteiger partial charge in [-0.3, -0.25) is 14.4 Å². The first-order chi connectivity index (χ1) is 18.6. The van der Waals surface area contributed by atoms with E-state index >= 15 is 0 Å². The average Bonchev–Trinajstić information content (AvgIpc) is 2.86. The van der Waals surface area contributed by atoms with Crippen molar-refractivity contribution in [1.29, 1.82) is 0 Å². The smallest absolute Gasteiger partial charge is 0.408 e. The van der Waals surface area contributed by atoms with Gasteiger partial charge in [0.1, 0.15) is 35.7 Å². The molecule has 0 saturated carbocycles. The van der Waals surface area contributed by atoms with E-state index in [9.17, 15) is 29.4 Å². The number of esters is 1. The Kier molecular flexibility index (Phi) is 10.9. The quantitative estimate of drug-likeness (QED) is 0.325. The third-order valence-corrected chi connectivity index (χ3v) is 5.90. The van der Waals surface area contributed by atoms with E-state index in [1.807, 2.05) is 0 Å². The number of methoxy groups -OCH3 is 1. The molecule has 0 fully saturated rings. The normalized spacial score (nSPS) is 12.7. The summed E-state index contributed by atoms with van der Waals surface area (Å²) < 4.78 is 10.0. The van der Waals surface area contributed by atoms with Crippen molar-refractivity contribution >= 4 is 23.9 Å². The Hall–Kier alpha value is -4.28. The highest BCUT2D eigenvalue weighted by molar-refractivity contribution is 5.94. The highest BCUT2D eigenvalue weighted by Crippen LogP contribution is 2.33. The van der Waals surface area contributed by atoms with Crippen LogP contribution in [-0.2, 0) is 30.3 Å². The van der Waals surface area contributed by atoms with E-state index in [0.29, 0.717) is 11.1 Å². The molecule has 218 valence electrons. The van der Waals surface area contributed by atoms with E-state index in [1.165, 1.54) is 30.2 Å². The molecule has 2 atom stereocenters. The number of phenolic OH excluding ortho intramolecular Hbond substituents is 2. The van der Waals surface area contributed by atoms with Gasteiger partial charge in [-0.2, -0.15) is 0 Å².